The fourth-order valence-electron chi connectivity index (χ4n) is 10.3. The molecule has 8 atom stereocenters. The third kappa shape index (κ3) is 7.16. The summed E-state index contributed by atoms with van der Waals surface area (Å²) in [5, 5.41) is -0.0366. The Kier molecular flexibility index (Phi) is 10.5. The van der Waals surface area contributed by atoms with E-state index < -0.39 is 26.8 Å². The number of allylic oxidation sites excluding steroid dienone is 1. The normalized spacial score (nSPS) is 37.0. The Morgan fingerprint density at radius 1 is 1.04 bits per heavy atom. The third-order valence-corrected chi connectivity index (χ3v) is 16.2. The van der Waals surface area contributed by atoms with Crippen molar-refractivity contribution in [1.82, 2.24) is 14.5 Å². The van der Waals surface area contributed by atoms with Crippen LogP contribution < -0.4 is 14.4 Å². The van der Waals surface area contributed by atoms with Crippen molar-refractivity contribution in [2.75, 3.05) is 58.4 Å². The summed E-state index contributed by atoms with van der Waals surface area (Å²) in [5.41, 5.74) is 2.70. The average molecular weight is 767 g/mol. The zero-order chi connectivity index (χ0) is 37.9. The Morgan fingerprint density at radius 2 is 1.79 bits per heavy atom. The Bertz CT molecular complexity index is 1840. The second-order valence-corrected chi connectivity index (χ2v) is 20.0. The van der Waals surface area contributed by atoms with Crippen LogP contribution in [0.15, 0.2) is 48.6 Å². The van der Waals surface area contributed by atoms with Crippen molar-refractivity contribution in [3.8, 4) is 5.75 Å². The number of nitrogens with one attached hydrogen (secondary N) is 1. The number of aryl methyl sites for hydroxylation is 1. The molecule has 2 aromatic carbocycles. The molecule has 3 heterocycles. The van der Waals surface area contributed by atoms with Gasteiger partial charge in [0.05, 0.1) is 17.5 Å². The highest BCUT2D eigenvalue weighted by Crippen LogP contribution is 2.56. The van der Waals surface area contributed by atoms with Crippen molar-refractivity contribution < 1.29 is 22.7 Å². The maximum atomic E-state index is 13.7. The number of hydrogen-bond acceptors (Lipinski definition) is 8. The number of sulfonamides is 1. The summed E-state index contributed by atoms with van der Waals surface area (Å²) in [6.07, 6.45) is 10.0. The van der Waals surface area contributed by atoms with E-state index in [0.717, 1.165) is 69.0 Å². The van der Waals surface area contributed by atoms with Crippen molar-refractivity contribution in [3.63, 3.8) is 0 Å². The van der Waals surface area contributed by atoms with Gasteiger partial charge in [-0.15, -0.1) is 0 Å². The van der Waals surface area contributed by atoms with Crippen LogP contribution in [0.25, 0.3) is 0 Å². The number of carbonyl (C=O) groups is 1. The summed E-state index contributed by atoms with van der Waals surface area (Å²) in [6.45, 7) is 15.3. The van der Waals surface area contributed by atoms with Gasteiger partial charge in [-0.05, 0) is 125 Å². The Hall–Kier alpha value is -2.63. The molecule has 1 saturated heterocycles. The molecule has 11 heteroatoms. The lowest BCUT2D eigenvalue weighted by Gasteiger charge is -2.58. The van der Waals surface area contributed by atoms with Crippen molar-refractivity contribution in [1.29, 1.82) is 0 Å². The SMILES string of the molecule is CO[C@]1(CN2C[C@@H](C)N(C)[C@@H](C)C2)/C=C/C[C@H](C)[C@@H](C)S(=O)(=O)NC(=O)c2ccc3c(c2)N(CC2(C)CC[C@H]21)C[C@@]1(CCCc2cc(Cl)ccc21)CO3. The van der Waals surface area contributed by atoms with Gasteiger partial charge < -0.3 is 14.4 Å². The predicted octanol–water partition coefficient (Wildman–Crippen LogP) is 6.68. The largest absolute Gasteiger partial charge is 0.490 e. The molecule has 0 radical (unpaired) electrons. The summed E-state index contributed by atoms with van der Waals surface area (Å²) >= 11 is 6.52. The van der Waals surface area contributed by atoms with Crippen LogP contribution in [0, 0.1) is 17.3 Å². The molecule has 7 rings (SSSR count). The van der Waals surface area contributed by atoms with Gasteiger partial charge >= 0.3 is 0 Å². The minimum atomic E-state index is -3.96. The maximum absolute atomic E-state index is 13.7. The van der Waals surface area contributed by atoms with Crippen LogP contribution in [0.4, 0.5) is 5.69 Å². The first kappa shape index (κ1) is 38.6. The number of amides is 1. The molecule has 3 aliphatic heterocycles. The molecule has 1 amide bonds. The zero-order valence-electron chi connectivity index (χ0n) is 32.7. The fourth-order valence-corrected chi connectivity index (χ4v) is 11.8. The van der Waals surface area contributed by atoms with Crippen LogP contribution in [0.2, 0.25) is 5.02 Å². The molecule has 1 spiro atoms. The molecule has 2 fully saturated rings. The smallest absolute Gasteiger partial charge is 0.264 e. The Labute approximate surface area is 322 Å². The van der Waals surface area contributed by atoms with E-state index in [4.69, 9.17) is 21.1 Å². The summed E-state index contributed by atoms with van der Waals surface area (Å²) in [4.78, 5) is 21.2. The van der Waals surface area contributed by atoms with Gasteiger partial charge in [-0.1, -0.05) is 43.7 Å². The number of methoxy groups -OCH3 is 1. The molecule has 290 valence electrons. The van der Waals surface area contributed by atoms with E-state index >= 15 is 0 Å². The van der Waals surface area contributed by atoms with Crippen LogP contribution in [0.1, 0.15) is 88.2 Å². The van der Waals surface area contributed by atoms with Gasteiger partial charge in [-0.3, -0.25) is 14.6 Å². The molecule has 53 heavy (non-hydrogen) atoms. The molecular formula is C42H59ClN4O5S. The van der Waals surface area contributed by atoms with Gasteiger partial charge in [0, 0.05) is 67.9 Å². The number of ether oxygens (including phenoxy) is 2. The maximum Gasteiger partial charge on any atom is 0.264 e. The van der Waals surface area contributed by atoms with Gasteiger partial charge in [0.2, 0.25) is 10.0 Å². The molecule has 1 unspecified atom stereocenters. The number of fused-ring (bicyclic) bond motifs is 4. The van der Waals surface area contributed by atoms with Gasteiger partial charge in [-0.25, -0.2) is 13.1 Å². The number of piperazine rings is 1. The second-order valence-electron chi connectivity index (χ2n) is 17.5. The third-order valence-electron chi connectivity index (χ3n) is 14.0. The molecule has 9 nitrogen and oxygen atoms in total. The number of rotatable bonds is 3. The topological polar surface area (TPSA) is 91.4 Å². The van der Waals surface area contributed by atoms with Crippen LogP contribution >= 0.6 is 11.6 Å². The van der Waals surface area contributed by atoms with Gasteiger partial charge in [0.15, 0.2) is 0 Å². The number of nitrogens with zero attached hydrogens (tertiary/aromatic N) is 3. The van der Waals surface area contributed by atoms with Crippen molar-refractivity contribution in [3.05, 3.63) is 70.3 Å². The van der Waals surface area contributed by atoms with E-state index in [0.29, 0.717) is 43.0 Å². The first-order valence-corrected chi connectivity index (χ1v) is 21.5. The zero-order valence-corrected chi connectivity index (χ0v) is 34.2. The van der Waals surface area contributed by atoms with E-state index in [1.807, 2.05) is 32.2 Å². The Morgan fingerprint density at radius 3 is 2.49 bits per heavy atom. The van der Waals surface area contributed by atoms with E-state index in [-0.39, 0.29) is 22.7 Å². The second kappa shape index (κ2) is 14.5. The van der Waals surface area contributed by atoms with Crippen LogP contribution in [0.5, 0.6) is 5.75 Å². The van der Waals surface area contributed by atoms with Crippen molar-refractivity contribution in [2.24, 2.45) is 17.3 Å². The minimum Gasteiger partial charge on any atom is -0.490 e. The average Bonchev–Trinajstić information content (AvgIpc) is 3.25. The number of benzene rings is 2. The summed E-state index contributed by atoms with van der Waals surface area (Å²) in [7, 11) is 0.111. The molecular weight excluding hydrogens is 708 g/mol. The molecule has 5 aliphatic rings. The van der Waals surface area contributed by atoms with E-state index in [9.17, 15) is 13.2 Å². The van der Waals surface area contributed by atoms with Gasteiger partial charge in [0.1, 0.15) is 11.4 Å². The lowest BCUT2D eigenvalue weighted by molar-refractivity contribution is -0.132. The van der Waals surface area contributed by atoms with Crippen molar-refractivity contribution >= 4 is 33.2 Å². The highest BCUT2D eigenvalue weighted by molar-refractivity contribution is 7.90. The molecule has 1 saturated carbocycles. The highest BCUT2D eigenvalue weighted by atomic mass is 35.5. The monoisotopic (exact) mass is 766 g/mol. The highest BCUT2D eigenvalue weighted by Gasteiger charge is 2.56. The summed E-state index contributed by atoms with van der Waals surface area (Å²) < 4.78 is 43.2. The van der Waals surface area contributed by atoms with E-state index in [2.05, 4.69) is 71.5 Å². The lowest BCUT2D eigenvalue weighted by atomic mass is 9.54. The molecule has 1 N–H and O–H groups in total. The molecule has 2 aromatic rings. The minimum absolute atomic E-state index is 0.123. The molecule has 2 aliphatic carbocycles. The van der Waals surface area contributed by atoms with Crippen LogP contribution in [-0.4, -0.2) is 101 Å². The molecule has 0 aromatic heterocycles. The number of halogens is 1. The fraction of sp³-hybridized carbons (Fsp3) is 0.643. The number of carbonyl (C=O) groups excluding carboxylic acids is 1. The first-order chi connectivity index (χ1) is 25.1. The number of hydrogen-bond donors (Lipinski definition) is 1. The Balaban J connectivity index is 1.34. The number of anilines is 1. The van der Waals surface area contributed by atoms with Crippen LogP contribution in [0.3, 0.4) is 0 Å². The lowest BCUT2D eigenvalue weighted by Crippen LogP contribution is -2.64. The quantitative estimate of drug-likeness (QED) is 0.346. The first-order valence-electron chi connectivity index (χ1n) is 19.6. The predicted molar refractivity (Wildman–Crippen MR) is 213 cm³/mol. The molecule has 2 bridgehead atoms. The van der Waals surface area contributed by atoms with E-state index in [1.54, 1.807) is 13.0 Å². The summed E-state index contributed by atoms with van der Waals surface area (Å²) in [6, 6.07) is 12.5. The van der Waals surface area contributed by atoms with Crippen molar-refractivity contribution in [2.45, 2.75) is 101 Å². The van der Waals surface area contributed by atoms with E-state index in [1.165, 1.54) is 11.1 Å². The van der Waals surface area contributed by atoms with Gasteiger partial charge in [0.25, 0.3) is 5.91 Å². The standard InChI is InChI=1S/C42H59ClN4O5S/c1-28-10-8-18-42(51-7,26-46-22-29(2)45(6)30(3)23-46)38-16-19-40(38,5)24-47-25-41(17-9-11-32-20-34(43)13-14-35(32)41)27-52-37-15-12-33(21-36(37)47)39(48)44-53(49,50)31(28)4/h8,12-15,18,20-21,28-31,38H,9-11,16-17,19,22-27H2,1-7H3,(H,44,48)/b18-8+/t28-,29-,30+,31+,38+,40?,41-,42-/m0/s1. The van der Waals surface area contributed by atoms with Crippen LogP contribution in [-0.2, 0) is 26.6 Å². The summed E-state index contributed by atoms with van der Waals surface area (Å²) in [5.74, 6) is 0.0744. The van der Waals surface area contributed by atoms with Gasteiger partial charge in [-0.2, -0.15) is 0 Å². The number of likely N-dealkylation sites (N-methyl/N-ethyl adjacent to an activating group) is 1.